The Hall–Kier alpha value is -1.68. The van der Waals surface area contributed by atoms with Crippen molar-refractivity contribution in [3.63, 3.8) is 0 Å². The minimum atomic E-state index is 0.290. The largest absolute Gasteiger partial charge is 0.330 e. The molecule has 4 nitrogen and oxygen atoms in total. The van der Waals surface area contributed by atoms with E-state index in [9.17, 15) is 0 Å². The summed E-state index contributed by atoms with van der Waals surface area (Å²) in [5.74, 6) is 2.25. The van der Waals surface area contributed by atoms with E-state index in [2.05, 4.69) is 48.2 Å². The van der Waals surface area contributed by atoms with Gasteiger partial charge < -0.3 is 5.73 Å². The van der Waals surface area contributed by atoms with Crippen LogP contribution in [-0.4, -0.2) is 21.3 Å². The lowest BCUT2D eigenvalue weighted by Crippen LogP contribution is -2.20. The van der Waals surface area contributed by atoms with E-state index in [0.29, 0.717) is 6.54 Å². The summed E-state index contributed by atoms with van der Waals surface area (Å²) in [4.78, 5) is 4.54. The van der Waals surface area contributed by atoms with Crippen LogP contribution in [0.3, 0.4) is 0 Å². The third-order valence-corrected chi connectivity index (χ3v) is 3.37. The van der Waals surface area contributed by atoms with Crippen molar-refractivity contribution in [2.24, 2.45) is 5.73 Å². The average Bonchev–Trinajstić information content (AvgIpc) is 2.87. The SMILES string of the molecule is CCc1nc(CC)n(CC(CN)c2ccccc2)n1. The predicted molar refractivity (Wildman–Crippen MR) is 77.0 cm³/mol. The number of nitrogens with zero attached hydrogens (tertiary/aromatic N) is 3. The predicted octanol–water partition coefficient (Wildman–Crippen LogP) is 2.15. The van der Waals surface area contributed by atoms with Gasteiger partial charge in [0.05, 0.1) is 6.54 Å². The molecule has 0 spiro atoms. The van der Waals surface area contributed by atoms with Crippen LogP contribution in [0.4, 0.5) is 0 Å². The summed E-state index contributed by atoms with van der Waals surface area (Å²) in [5.41, 5.74) is 7.19. The monoisotopic (exact) mass is 258 g/mol. The Morgan fingerprint density at radius 1 is 1.16 bits per heavy atom. The van der Waals surface area contributed by atoms with Gasteiger partial charge in [0.15, 0.2) is 5.82 Å². The topological polar surface area (TPSA) is 56.7 Å². The molecule has 2 rings (SSSR count). The summed E-state index contributed by atoms with van der Waals surface area (Å²) in [7, 11) is 0. The zero-order valence-electron chi connectivity index (χ0n) is 11.7. The van der Waals surface area contributed by atoms with Crippen LogP contribution >= 0.6 is 0 Å². The van der Waals surface area contributed by atoms with Gasteiger partial charge in [-0.2, -0.15) is 5.10 Å². The van der Waals surface area contributed by atoms with Crippen LogP contribution < -0.4 is 5.73 Å². The molecule has 4 heteroatoms. The van der Waals surface area contributed by atoms with Crippen molar-refractivity contribution in [3.05, 3.63) is 47.5 Å². The van der Waals surface area contributed by atoms with Crippen molar-refractivity contribution in [1.82, 2.24) is 14.8 Å². The molecule has 1 aromatic heterocycles. The van der Waals surface area contributed by atoms with E-state index in [-0.39, 0.29) is 5.92 Å². The highest BCUT2D eigenvalue weighted by atomic mass is 15.3. The fraction of sp³-hybridized carbons (Fsp3) is 0.467. The lowest BCUT2D eigenvalue weighted by molar-refractivity contribution is 0.500. The van der Waals surface area contributed by atoms with Gasteiger partial charge in [-0.3, -0.25) is 0 Å². The first-order valence-corrected chi connectivity index (χ1v) is 6.96. The van der Waals surface area contributed by atoms with Gasteiger partial charge in [0, 0.05) is 25.3 Å². The van der Waals surface area contributed by atoms with Gasteiger partial charge in [-0.05, 0) is 5.56 Å². The summed E-state index contributed by atoms with van der Waals surface area (Å²) in [5, 5.41) is 4.56. The van der Waals surface area contributed by atoms with Crippen LogP contribution in [0.1, 0.15) is 37.0 Å². The maximum Gasteiger partial charge on any atom is 0.150 e. The number of aromatic nitrogens is 3. The fourth-order valence-electron chi connectivity index (χ4n) is 2.23. The van der Waals surface area contributed by atoms with Gasteiger partial charge >= 0.3 is 0 Å². The normalized spacial score (nSPS) is 12.6. The highest BCUT2D eigenvalue weighted by Gasteiger charge is 2.14. The number of aryl methyl sites for hydroxylation is 2. The molecule has 102 valence electrons. The molecule has 0 saturated heterocycles. The van der Waals surface area contributed by atoms with E-state index in [4.69, 9.17) is 5.73 Å². The van der Waals surface area contributed by atoms with Crippen LogP contribution in [0.5, 0.6) is 0 Å². The standard InChI is InChI=1S/C15H22N4/c1-3-14-17-15(4-2)19(18-14)11-13(10-16)12-8-6-5-7-9-12/h5-9,13H,3-4,10-11,16H2,1-2H3. The van der Waals surface area contributed by atoms with Gasteiger partial charge in [-0.25, -0.2) is 9.67 Å². The first-order valence-electron chi connectivity index (χ1n) is 6.96. The van der Waals surface area contributed by atoms with Crippen molar-refractivity contribution < 1.29 is 0 Å². The van der Waals surface area contributed by atoms with Crippen molar-refractivity contribution >= 4 is 0 Å². The van der Waals surface area contributed by atoms with Crippen LogP contribution in [0, 0.1) is 0 Å². The minimum absolute atomic E-state index is 0.290. The molecule has 1 atom stereocenters. The molecular weight excluding hydrogens is 236 g/mol. The number of hydrogen-bond acceptors (Lipinski definition) is 3. The average molecular weight is 258 g/mol. The van der Waals surface area contributed by atoms with E-state index in [1.165, 1.54) is 5.56 Å². The molecule has 0 radical (unpaired) electrons. The number of hydrogen-bond donors (Lipinski definition) is 1. The Balaban J connectivity index is 2.21. The summed E-state index contributed by atoms with van der Waals surface area (Å²) < 4.78 is 2.02. The lowest BCUT2D eigenvalue weighted by Gasteiger charge is -2.16. The van der Waals surface area contributed by atoms with Crippen molar-refractivity contribution in [2.75, 3.05) is 6.54 Å². The van der Waals surface area contributed by atoms with E-state index >= 15 is 0 Å². The smallest absolute Gasteiger partial charge is 0.150 e. The van der Waals surface area contributed by atoms with Gasteiger partial charge in [0.25, 0.3) is 0 Å². The Kier molecular flexibility index (Phi) is 4.68. The number of nitrogens with two attached hydrogens (primary N) is 1. The van der Waals surface area contributed by atoms with Crippen molar-refractivity contribution in [2.45, 2.75) is 39.2 Å². The second-order valence-corrected chi connectivity index (χ2v) is 4.68. The van der Waals surface area contributed by atoms with Crippen molar-refractivity contribution in [1.29, 1.82) is 0 Å². The number of benzene rings is 1. The second-order valence-electron chi connectivity index (χ2n) is 4.68. The molecular formula is C15H22N4. The third kappa shape index (κ3) is 3.20. The van der Waals surface area contributed by atoms with E-state index in [1.54, 1.807) is 0 Å². The molecule has 19 heavy (non-hydrogen) atoms. The van der Waals surface area contributed by atoms with Gasteiger partial charge in [0.2, 0.25) is 0 Å². The molecule has 1 heterocycles. The molecule has 1 aromatic carbocycles. The van der Waals surface area contributed by atoms with E-state index in [1.807, 2.05) is 10.7 Å². The van der Waals surface area contributed by atoms with Crippen LogP contribution in [0.25, 0.3) is 0 Å². The highest BCUT2D eigenvalue weighted by molar-refractivity contribution is 5.19. The fourth-order valence-corrected chi connectivity index (χ4v) is 2.23. The summed E-state index contributed by atoms with van der Waals surface area (Å²) in [6, 6.07) is 10.4. The minimum Gasteiger partial charge on any atom is -0.330 e. The first kappa shape index (κ1) is 13.7. The summed E-state index contributed by atoms with van der Waals surface area (Å²) >= 11 is 0. The third-order valence-electron chi connectivity index (χ3n) is 3.37. The zero-order chi connectivity index (χ0) is 13.7. The molecule has 0 bridgehead atoms. The van der Waals surface area contributed by atoms with Gasteiger partial charge in [-0.15, -0.1) is 0 Å². The Labute approximate surface area is 114 Å². The van der Waals surface area contributed by atoms with Crippen LogP contribution in [0.2, 0.25) is 0 Å². The van der Waals surface area contributed by atoms with Crippen LogP contribution in [-0.2, 0) is 19.4 Å². The second kappa shape index (κ2) is 6.48. The van der Waals surface area contributed by atoms with Crippen LogP contribution in [0.15, 0.2) is 30.3 Å². The molecule has 0 aliphatic carbocycles. The summed E-state index contributed by atoms with van der Waals surface area (Å²) in [6.07, 6.45) is 1.78. The summed E-state index contributed by atoms with van der Waals surface area (Å²) in [6.45, 7) is 5.61. The molecule has 0 amide bonds. The van der Waals surface area contributed by atoms with E-state index in [0.717, 1.165) is 31.0 Å². The van der Waals surface area contributed by atoms with Gasteiger partial charge in [0.1, 0.15) is 5.82 Å². The van der Waals surface area contributed by atoms with Gasteiger partial charge in [-0.1, -0.05) is 44.2 Å². The Morgan fingerprint density at radius 3 is 2.47 bits per heavy atom. The molecule has 0 saturated carbocycles. The maximum atomic E-state index is 5.92. The maximum absolute atomic E-state index is 5.92. The molecule has 2 aromatic rings. The highest BCUT2D eigenvalue weighted by Crippen LogP contribution is 2.17. The molecule has 1 unspecified atom stereocenters. The Morgan fingerprint density at radius 2 is 1.89 bits per heavy atom. The Bertz CT molecular complexity index is 504. The number of rotatable bonds is 6. The quantitative estimate of drug-likeness (QED) is 0.863. The lowest BCUT2D eigenvalue weighted by atomic mass is 9.99. The molecule has 0 aliphatic heterocycles. The first-order chi connectivity index (χ1) is 9.28. The molecule has 0 fully saturated rings. The molecule has 0 aliphatic rings. The zero-order valence-corrected chi connectivity index (χ0v) is 11.7. The van der Waals surface area contributed by atoms with Crippen molar-refractivity contribution in [3.8, 4) is 0 Å². The molecule has 2 N–H and O–H groups in total. The van der Waals surface area contributed by atoms with E-state index < -0.39 is 0 Å².